The van der Waals surface area contributed by atoms with Crippen molar-refractivity contribution in [3.63, 3.8) is 0 Å². The molecule has 0 aromatic heterocycles. The Morgan fingerprint density at radius 2 is 1.76 bits per heavy atom. The molecule has 8 nitrogen and oxygen atoms in total. The third-order valence-corrected chi connectivity index (χ3v) is 4.21. The molecule has 130 valence electrons. The van der Waals surface area contributed by atoms with Crippen molar-refractivity contribution >= 4 is 34.0 Å². The van der Waals surface area contributed by atoms with Crippen LogP contribution < -0.4 is 5.73 Å². The van der Waals surface area contributed by atoms with Crippen LogP contribution in [0.15, 0.2) is 24.3 Å². The quantitative estimate of drug-likeness (QED) is 0.384. The average molecular weight is 342 g/mol. The highest BCUT2D eigenvalue weighted by molar-refractivity contribution is 6.26. The van der Waals surface area contributed by atoms with Crippen LogP contribution in [-0.4, -0.2) is 53.7 Å². The first-order valence-corrected chi connectivity index (χ1v) is 7.82. The van der Waals surface area contributed by atoms with Crippen molar-refractivity contribution in [1.82, 2.24) is 9.80 Å². The Hall–Kier alpha value is -3.00. The molecule has 3 rings (SSSR count). The zero-order valence-corrected chi connectivity index (χ0v) is 14.0. The molecule has 0 spiro atoms. The fraction of sp³-hybridized carbons (Fsp3) is 0.294. The van der Waals surface area contributed by atoms with Crippen LogP contribution in [0.4, 0.5) is 11.4 Å². The average Bonchev–Trinajstić information content (AvgIpc) is 2.54. The molecule has 2 aromatic rings. The van der Waals surface area contributed by atoms with E-state index in [1.807, 2.05) is 19.0 Å². The van der Waals surface area contributed by atoms with Crippen molar-refractivity contribution in [2.45, 2.75) is 6.42 Å². The first kappa shape index (κ1) is 16.8. The largest absolute Gasteiger partial charge is 0.399 e. The number of imide groups is 1. The number of nitro benzene ring substituents is 1. The van der Waals surface area contributed by atoms with Crippen molar-refractivity contribution in [2.24, 2.45) is 0 Å². The zero-order valence-electron chi connectivity index (χ0n) is 14.0. The minimum Gasteiger partial charge on any atom is -0.399 e. The van der Waals surface area contributed by atoms with Crippen LogP contribution in [0, 0.1) is 10.1 Å². The number of anilines is 1. The number of nitrogen functional groups attached to an aromatic ring is 1. The van der Waals surface area contributed by atoms with Gasteiger partial charge in [0, 0.05) is 29.8 Å². The van der Waals surface area contributed by atoms with Gasteiger partial charge in [0.05, 0.1) is 16.1 Å². The highest BCUT2D eigenvalue weighted by Crippen LogP contribution is 2.35. The number of non-ortho nitro benzene ring substituents is 1. The number of carbonyl (C=O) groups excluding carboxylic acids is 2. The molecule has 0 bridgehead atoms. The number of hydrogen-bond donors (Lipinski definition) is 1. The maximum Gasteiger partial charge on any atom is 0.270 e. The van der Waals surface area contributed by atoms with Crippen molar-refractivity contribution in [1.29, 1.82) is 0 Å². The van der Waals surface area contributed by atoms with E-state index in [-0.39, 0.29) is 17.8 Å². The Morgan fingerprint density at radius 1 is 1.12 bits per heavy atom. The van der Waals surface area contributed by atoms with E-state index in [9.17, 15) is 19.7 Å². The third kappa shape index (κ3) is 2.91. The van der Waals surface area contributed by atoms with Gasteiger partial charge < -0.3 is 10.6 Å². The first-order valence-electron chi connectivity index (χ1n) is 7.82. The SMILES string of the molecule is CN(C)CCCN1C(=O)c2cc(N)cc3cc([N+](=O)[O-])cc(c23)C1=O. The van der Waals surface area contributed by atoms with Crippen molar-refractivity contribution in [3.05, 3.63) is 45.5 Å². The number of carbonyl (C=O) groups is 2. The molecule has 2 N–H and O–H groups in total. The second-order valence-electron chi connectivity index (χ2n) is 6.34. The Balaban J connectivity index is 2.13. The first-order chi connectivity index (χ1) is 11.8. The summed E-state index contributed by atoms with van der Waals surface area (Å²) in [7, 11) is 3.81. The van der Waals surface area contributed by atoms with Gasteiger partial charge >= 0.3 is 0 Å². The minimum absolute atomic E-state index is 0.170. The zero-order chi connectivity index (χ0) is 18.3. The number of rotatable bonds is 5. The highest BCUT2D eigenvalue weighted by Gasteiger charge is 2.34. The lowest BCUT2D eigenvalue weighted by molar-refractivity contribution is -0.384. The van der Waals surface area contributed by atoms with Gasteiger partial charge in [0.25, 0.3) is 17.5 Å². The van der Waals surface area contributed by atoms with Crippen LogP contribution in [-0.2, 0) is 0 Å². The summed E-state index contributed by atoms with van der Waals surface area (Å²) in [4.78, 5) is 39.3. The lowest BCUT2D eigenvalue weighted by atomic mass is 9.92. The number of amides is 2. The van der Waals surface area contributed by atoms with Crippen molar-refractivity contribution < 1.29 is 14.5 Å². The maximum atomic E-state index is 12.8. The number of benzene rings is 2. The van der Waals surface area contributed by atoms with Crippen LogP contribution >= 0.6 is 0 Å². The Bertz CT molecular complexity index is 907. The molecule has 25 heavy (non-hydrogen) atoms. The summed E-state index contributed by atoms with van der Waals surface area (Å²) >= 11 is 0. The lowest BCUT2D eigenvalue weighted by Gasteiger charge is -2.27. The van der Waals surface area contributed by atoms with Crippen LogP contribution in [0.1, 0.15) is 27.1 Å². The summed E-state index contributed by atoms with van der Waals surface area (Å²) in [6.45, 7) is 0.958. The van der Waals surface area contributed by atoms with Gasteiger partial charge in [-0.05, 0) is 44.6 Å². The van der Waals surface area contributed by atoms with Crippen LogP contribution in [0.25, 0.3) is 10.8 Å². The fourth-order valence-corrected chi connectivity index (χ4v) is 3.10. The second-order valence-corrected chi connectivity index (χ2v) is 6.34. The molecule has 1 aliphatic heterocycles. The normalized spacial score (nSPS) is 13.8. The number of nitrogens with zero attached hydrogens (tertiary/aromatic N) is 3. The van der Waals surface area contributed by atoms with Gasteiger partial charge in [-0.3, -0.25) is 24.6 Å². The minimum atomic E-state index is -0.557. The molecule has 0 atom stereocenters. The molecule has 0 fully saturated rings. The molecular weight excluding hydrogens is 324 g/mol. The van der Waals surface area contributed by atoms with Crippen molar-refractivity contribution in [3.8, 4) is 0 Å². The Labute approximate surface area is 143 Å². The highest BCUT2D eigenvalue weighted by atomic mass is 16.6. The van der Waals surface area contributed by atoms with Gasteiger partial charge in [-0.15, -0.1) is 0 Å². The van der Waals surface area contributed by atoms with E-state index in [2.05, 4.69) is 0 Å². The van der Waals surface area contributed by atoms with Gasteiger partial charge in [0.2, 0.25) is 0 Å². The Morgan fingerprint density at radius 3 is 2.36 bits per heavy atom. The number of nitro groups is 1. The second kappa shape index (κ2) is 6.14. The lowest BCUT2D eigenvalue weighted by Crippen LogP contribution is -2.41. The van der Waals surface area contributed by atoms with Crippen LogP contribution in [0.3, 0.4) is 0 Å². The van der Waals surface area contributed by atoms with E-state index < -0.39 is 16.7 Å². The van der Waals surface area contributed by atoms with Crippen LogP contribution in [0.5, 0.6) is 0 Å². The smallest absolute Gasteiger partial charge is 0.270 e. The van der Waals surface area contributed by atoms with Gasteiger partial charge in [-0.2, -0.15) is 0 Å². The molecule has 1 heterocycles. The summed E-state index contributed by atoms with van der Waals surface area (Å²) < 4.78 is 0. The summed E-state index contributed by atoms with van der Waals surface area (Å²) in [6.07, 6.45) is 0.611. The molecule has 0 unspecified atom stereocenters. The molecule has 2 amide bonds. The van der Waals surface area contributed by atoms with Gasteiger partial charge in [-0.25, -0.2) is 0 Å². The maximum absolute atomic E-state index is 12.8. The number of hydrogen-bond acceptors (Lipinski definition) is 6. The molecule has 0 radical (unpaired) electrons. The summed E-state index contributed by atoms with van der Waals surface area (Å²) in [6, 6.07) is 5.62. The van der Waals surface area contributed by atoms with Crippen molar-refractivity contribution in [2.75, 3.05) is 32.9 Å². The van der Waals surface area contributed by atoms with E-state index in [0.29, 0.717) is 35.0 Å². The molecule has 1 aliphatic rings. The van der Waals surface area contributed by atoms with Gasteiger partial charge in [0.15, 0.2) is 0 Å². The van der Waals surface area contributed by atoms with Gasteiger partial charge in [0.1, 0.15) is 0 Å². The number of nitrogens with two attached hydrogens (primary N) is 1. The van der Waals surface area contributed by atoms with E-state index in [0.717, 1.165) is 4.90 Å². The third-order valence-electron chi connectivity index (χ3n) is 4.21. The fourth-order valence-electron chi connectivity index (χ4n) is 3.10. The van der Waals surface area contributed by atoms with Crippen LogP contribution in [0.2, 0.25) is 0 Å². The Kier molecular flexibility index (Phi) is 4.13. The molecule has 0 aliphatic carbocycles. The topological polar surface area (TPSA) is 110 Å². The predicted molar refractivity (Wildman–Crippen MR) is 93.6 cm³/mol. The summed E-state index contributed by atoms with van der Waals surface area (Å²) in [5.41, 5.74) is 6.46. The monoisotopic (exact) mass is 342 g/mol. The summed E-state index contributed by atoms with van der Waals surface area (Å²) in [5, 5.41) is 12.0. The van der Waals surface area contributed by atoms with E-state index >= 15 is 0 Å². The summed E-state index contributed by atoms with van der Waals surface area (Å²) in [5.74, 6) is -0.919. The molecule has 8 heteroatoms. The standard InChI is InChI=1S/C17H18N4O4/c1-19(2)4-3-5-20-16(22)13-8-11(18)6-10-7-12(21(24)25)9-14(15(10)13)17(20)23/h6-9H,3-5,18H2,1-2H3. The predicted octanol–water partition coefficient (Wildman–Crippen LogP) is 1.88. The van der Waals surface area contributed by atoms with Gasteiger partial charge in [-0.1, -0.05) is 0 Å². The van der Waals surface area contributed by atoms with E-state index in [4.69, 9.17) is 5.73 Å². The van der Waals surface area contributed by atoms with E-state index in [1.54, 1.807) is 0 Å². The van der Waals surface area contributed by atoms with E-state index in [1.165, 1.54) is 24.3 Å². The molecule has 0 saturated heterocycles. The molecular formula is C17H18N4O4. The molecule has 0 saturated carbocycles. The molecule has 2 aromatic carbocycles.